The lowest BCUT2D eigenvalue weighted by atomic mass is 10.2. The highest BCUT2D eigenvalue weighted by Gasteiger charge is 2.10. The first-order valence-corrected chi connectivity index (χ1v) is 6.16. The minimum atomic E-state index is -1.02. The number of halogens is 1. The lowest BCUT2D eigenvalue weighted by molar-refractivity contribution is 0.0690. The summed E-state index contributed by atoms with van der Waals surface area (Å²) in [6.45, 7) is 4.41. The summed E-state index contributed by atoms with van der Waals surface area (Å²) in [5.41, 5.74) is 2.84. The van der Waals surface area contributed by atoms with Gasteiger partial charge in [-0.05, 0) is 47.5 Å². The van der Waals surface area contributed by atoms with Crippen LogP contribution in [-0.4, -0.2) is 25.8 Å². The maximum absolute atomic E-state index is 10.8. The first-order valence-electron chi connectivity index (χ1n) is 5.36. The number of carboxylic acid groups (broad SMARTS) is 1. The molecule has 5 nitrogen and oxygen atoms in total. The van der Waals surface area contributed by atoms with E-state index in [9.17, 15) is 4.79 Å². The largest absolute Gasteiger partial charge is 0.477 e. The van der Waals surface area contributed by atoms with Crippen molar-refractivity contribution in [3.63, 3.8) is 0 Å². The lowest BCUT2D eigenvalue weighted by Gasteiger charge is -2.05. The highest BCUT2D eigenvalue weighted by molar-refractivity contribution is 9.10. The topological polar surface area (TPSA) is 68.0 Å². The SMILES string of the molecule is Cc1nn(Cc2ccnc(C(=O)O)c2)c(C)c1Br. The van der Waals surface area contributed by atoms with Crippen LogP contribution in [0.4, 0.5) is 0 Å². The van der Waals surface area contributed by atoms with Crippen LogP contribution in [0.2, 0.25) is 0 Å². The van der Waals surface area contributed by atoms with Gasteiger partial charge in [0, 0.05) is 6.20 Å². The molecule has 94 valence electrons. The zero-order valence-corrected chi connectivity index (χ0v) is 11.6. The zero-order chi connectivity index (χ0) is 13.3. The molecule has 0 unspecified atom stereocenters. The minimum Gasteiger partial charge on any atom is -0.477 e. The molecule has 18 heavy (non-hydrogen) atoms. The van der Waals surface area contributed by atoms with E-state index in [0.717, 1.165) is 21.4 Å². The van der Waals surface area contributed by atoms with Gasteiger partial charge in [0.15, 0.2) is 0 Å². The van der Waals surface area contributed by atoms with Crippen LogP contribution in [0.15, 0.2) is 22.8 Å². The number of nitrogens with zero attached hydrogens (tertiary/aromatic N) is 3. The zero-order valence-electron chi connectivity index (χ0n) is 10.0. The van der Waals surface area contributed by atoms with Gasteiger partial charge in [0.1, 0.15) is 5.69 Å². The van der Waals surface area contributed by atoms with E-state index in [1.54, 1.807) is 12.1 Å². The summed E-state index contributed by atoms with van der Waals surface area (Å²) in [5.74, 6) is -1.02. The molecule has 6 heteroatoms. The molecule has 0 radical (unpaired) electrons. The second-order valence-electron chi connectivity index (χ2n) is 4.00. The van der Waals surface area contributed by atoms with E-state index in [0.29, 0.717) is 6.54 Å². The Morgan fingerprint density at radius 3 is 2.78 bits per heavy atom. The average Bonchev–Trinajstić information content (AvgIpc) is 2.57. The Bertz CT molecular complexity index is 607. The third kappa shape index (κ3) is 2.43. The molecule has 2 rings (SSSR count). The number of carboxylic acids is 1. The fourth-order valence-electron chi connectivity index (χ4n) is 1.69. The molecular formula is C12H12BrN3O2. The van der Waals surface area contributed by atoms with Gasteiger partial charge in [0.25, 0.3) is 0 Å². The third-order valence-electron chi connectivity index (χ3n) is 2.67. The van der Waals surface area contributed by atoms with Gasteiger partial charge in [0.2, 0.25) is 0 Å². The van der Waals surface area contributed by atoms with Gasteiger partial charge in [-0.1, -0.05) is 0 Å². The van der Waals surface area contributed by atoms with Crippen molar-refractivity contribution in [3.8, 4) is 0 Å². The standard InChI is InChI=1S/C12H12BrN3O2/c1-7-11(13)8(2)16(15-7)6-9-3-4-14-10(5-9)12(17)18/h3-5H,6H2,1-2H3,(H,17,18). The third-order valence-corrected chi connectivity index (χ3v) is 3.82. The van der Waals surface area contributed by atoms with Crippen molar-refractivity contribution in [2.45, 2.75) is 20.4 Å². The maximum atomic E-state index is 10.8. The second kappa shape index (κ2) is 4.89. The molecular weight excluding hydrogens is 298 g/mol. The average molecular weight is 310 g/mol. The van der Waals surface area contributed by atoms with Gasteiger partial charge in [0.05, 0.1) is 22.4 Å². The van der Waals surface area contributed by atoms with Gasteiger partial charge in [-0.25, -0.2) is 9.78 Å². The fourth-order valence-corrected chi connectivity index (χ4v) is 1.98. The van der Waals surface area contributed by atoms with Gasteiger partial charge in [-0.2, -0.15) is 5.10 Å². The first kappa shape index (κ1) is 12.8. The van der Waals surface area contributed by atoms with Crippen LogP contribution in [0.5, 0.6) is 0 Å². The Hall–Kier alpha value is -1.69. The Labute approximate surface area is 113 Å². The lowest BCUT2D eigenvalue weighted by Crippen LogP contribution is -2.06. The molecule has 0 aliphatic carbocycles. The number of aromatic carboxylic acids is 1. The van der Waals surface area contributed by atoms with E-state index in [4.69, 9.17) is 5.11 Å². The molecule has 0 atom stereocenters. The van der Waals surface area contributed by atoms with Crippen molar-refractivity contribution in [2.24, 2.45) is 0 Å². The Morgan fingerprint density at radius 1 is 1.50 bits per heavy atom. The number of hydrogen-bond acceptors (Lipinski definition) is 3. The Balaban J connectivity index is 2.31. The molecule has 2 aromatic rings. The quantitative estimate of drug-likeness (QED) is 0.945. The van der Waals surface area contributed by atoms with E-state index >= 15 is 0 Å². The molecule has 0 saturated heterocycles. The molecule has 0 saturated carbocycles. The number of aromatic nitrogens is 3. The summed E-state index contributed by atoms with van der Waals surface area (Å²) in [7, 11) is 0. The maximum Gasteiger partial charge on any atom is 0.354 e. The first-order chi connectivity index (χ1) is 8.49. The molecule has 2 heterocycles. The predicted molar refractivity (Wildman–Crippen MR) is 69.7 cm³/mol. The molecule has 0 aromatic carbocycles. The number of aryl methyl sites for hydroxylation is 1. The van der Waals surface area contributed by atoms with Crippen molar-refractivity contribution >= 4 is 21.9 Å². The van der Waals surface area contributed by atoms with Gasteiger partial charge >= 0.3 is 5.97 Å². The Morgan fingerprint density at radius 2 is 2.22 bits per heavy atom. The van der Waals surface area contributed by atoms with Crippen LogP contribution >= 0.6 is 15.9 Å². The summed E-state index contributed by atoms with van der Waals surface area (Å²) in [5, 5.41) is 13.3. The van der Waals surface area contributed by atoms with Gasteiger partial charge < -0.3 is 5.11 Å². The van der Waals surface area contributed by atoms with E-state index in [-0.39, 0.29) is 5.69 Å². The number of rotatable bonds is 3. The normalized spacial score (nSPS) is 10.6. The summed E-state index contributed by atoms with van der Waals surface area (Å²) in [4.78, 5) is 14.6. The molecule has 1 N–H and O–H groups in total. The van der Waals surface area contributed by atoms with E-state index in [2.05, 4.69) is 26.0 Å². The molecule has 2 aromatic heterocycles. The number of carbonyl (C=O) groups is 1. The summed E-state index contributed by atoms with van der Waals surface area (Å²) >= 11 is 3.46. The van der Waals surface area contributed by atoms with Crippen LogP contribution in [-0.2, 0) is 6.54 Å². The highest BCUT2D eigenvalue weighted by atomic mass is 79.9. The minimum absolute atomic E-state index is 0.0492. The van der Waals surface area contributed by atoms with Crippen molar-refractivity contribution in [1.82, 2.24) is 14.8 Å². The predicted octanol–water partition coefficient (Wildman–Crippen LogP) is 2.40. The van der Waals surface area contributed by atoms with Gasteiger partial charge in [-0.3, -0.25) is 4.68 Å². The molecule has 0 fully saturated rings. The van der Waals surface area contributed by atoms with Gasteiger partial charge in [-0.15, -0.1) is 0 Å². The van der Waals surface area contributed by atoms with E-state index in [1.807, 2.05) is 18.5 Å². The van der Waals surface area contributed by atoms with Crippen LogP contribution in [0.1, 0.15) is 27.4 Å². The molecule has 0 bridgehead atoms. The summed E-state index contributed by atoms with van der Waals surface area (Å²) in [6.07, 6.45) is 1.50. The number of hydrogen-bond donors (Lipinski definition) is 1. The van der Waals surface area contributed by atoms with Crippen LogP contribution in [0.3, 0.4) is 0 Å². The van der Waals surface area contributed by atoms with Crippen molar-refractivity contribution in [2.75, 3.05) is 0 Å². The molecule has 0 spiro atoms. The molecule has 0 aliphatic rings. The van der Waals surface area contributed by atoms with Crippen LogP contribution < -0.4 is 0 Å². The van der Waals surface area contributed by atoms with Crippen molar-refractivity contribution in [1.29, 1.82) is 0 Å². The van der Waals surface area contributed by atoms with Crippen LogP contribution in [0.25, 0.3) is 0 Å². The van der Waals surface area contributed by atoms with E-state index in [1.165, 1.54) is 6.20 Å². The monoisotopic (exact) mass is 309 g/mol. The second-order valence-corrected chi connectivity index (χ2v) is 4.79. The molecule has 0 amide bonds. The molecule has 0 aliphatic heterocycles. The fraction of sp³-hybridized carbons (Fsp3) is 0.250. The van der Waals surface area contributed by atoms with E-state index < -0.39 is 5.97 Å². The smallest absolute Gasteiger partial charge is 0.354 e. The highest BCUT2D eigenvalue weighted by Crippen LogP contribution is 2.20. The van der Waals surface area contributed by atoms with Crippen molar-refractivity contribution < 1.29 is 9.90 Å². The van der Waals surface area contributed by atoms with Crippen LogP contribution in [0, 0.1) is 13.8 Å². The summed E-state index contributed by atoms with van der Waals surface area (Å²) < 4.78 is 2.82. The summed E-state index contributed by atoms with van der Waals surface area (Å²) in [6, 6.07) is 3.35. The number of pyridine rings is 1. The Kier molecular flexibility index (Phi) is 3.47. The van der Waals surface area contributed by atoms with Crippen molar-refractivity contribution in [3.05, 3.63) is 45.4 Å².